The lowest BCUT2D eigenvalue weighted by Gasteiger charge is -2.17. The third-order valence-corrected chi connectivity index (χ3v) is 2.70. The molecule has 0 aliphatic carbocycles. The first-order valence-electron chi connectivity index (χ1n) is 5.64. The van der Waals surface area contributed by atoms with Gasteiger partial charge in [0.2, 0.25) is 0 Å². The van der Waals surface area contributed by atoms with E-state index in [1.807, 2.05) is 18.2 Å². The maximum atomic E-state index is 12.1. The van der Waals surface area contributed by atoms with Crippen LogP contribution < -0.4 is 5.56 Å². The molecule has 0 atom stereocenters. The fourth-order valence-electron chi connectivity index (χ4n) is 1.66. The normalized spacial score (nSPS) is 11.9. The molecule has 1 N–H and O–H groups in total. The SMILES string of the molecule is CC(C)(O)CCn1cnc2ccccc2c1=O. The average Bonchev–Trinajstić information content (AvgIpc) is 2.27. The molecule has 4 heteroatoms. The number of aliphatic hydroxyl groups is 1. The van der Waals surface area contributed by atoms with Gasteiger partial charge in [0.25, 0.3) is 5.56 Å². The summed E-state index contributed by atoms with van der Waals surface area (Å²) in [5.41, 5.74) is -0.123. The summed E-state index contributed by atoms with van der Waals surface area (Å²) in [5.74, 6) is 0. The van der Waals surface area contributed by atoms with Gasteiger partial charge in [-0.2, -0.15) is 0 Å². The zero-order valence-electron chi connectivity index (χ0n) is 10.1. The van der Waals surface area contributed by atoms with Gasteiger partial charge in [0.05, 0.1) is 22.8 Å². The van der Waals surface area contributed by atoms with Gasteiger partial charge < -0.3 is 5.11 Å². The summed E-state index contributed by atoms with van der Waals surface area (Å²) in [5, 5.41) is 10.3. The van der Waals surface area contributed by atoms with Gasteiger partial charge in [-0.05, 0) is 32.4 Å². The van der Waals surface area contributed by atoms with Crippen molar-refractivity contribution in [2.24, 2.45) is 0 Å². The Labute approximate surface area is 99.5 Å². The van der Waals surface area contributed by atoms with Gasteiger partial charge in [0.1, 0.15) is 0 Å². The van der Waals surface area contributed by atoms with E-state index in [9.17, 15) is 9.90 Å². The second-order valence-corrected chi connectivity index (χ2v) is 4.82. The molecule has 0 spiro atoms. The van der Waals surface area contributed by atoms with Crippen LogP contribution in [0.15, 0.2) is 35.4 Å². The van der Waals surface area contributed by atoms with Crippen molar-refractivity contribution in [3.05, 3.63) is 40.9 Å². The minimum Gasteiger partial charge on any atom is -0.390 e. The van der Waals surface area contributed by atoms with Gasteiger partial charge in [0.15, 0.2) is 0 Å². The van der Waals surface area contributed by atoms with Gasteiger partial charge in [-0.25, -0.2) is 4.98 Å². The first kappa shape index (κ1) is 11.8. The molecule has 17 heavy (non-hydrogen) atoms. The molecule has 0 aliphatic rings. The minimum atomic E-state index is -0.773. The molecule has 2 rings (SSSR count). The summed E-state index contributed by atoms with van der Waals surface area (Å²) in [4.78, 5) is 16.3. The first-order valence-corrected chi connectivity index (χ1v) is 5.64. The number of aryl methyl sites for hydroxylation is 1. The number of aromatic nitrogens is 2. The molecular weight excluding hydrogens is 216 g/mol. The molecule has 2 aromatic rings. The average molecular weight is 232 g/mol. The number of hydrogen-bond donors (Lipinski definition) is 1. The summed E-state index contributed by atoms with van der Waals surface area (Å²) < 4.78 is 1.54. The van der Waals surface area contributed by atoms with Crippen molar-refractivity contribution in [1.29, 1.82) is 0 Å². The first-order chi connectivity index (χ1) is 7.97. The van der Waals surface area contributed by atoms with Crippen molar-refractivity contribution >= 4 is 10.9 Å². The summed E-state index contributed by atoms with van der Waals surface area (Å²) >= 11 is 0. The second kappa shape index (κ2) is 4.30. The Morgan fingerprint density at radius 1 is 1.35 bits per heavy atom. The predicted molar refractivity (Wildman–Crippen MR) is 66.9 cm³/mol. The van der Waals surface area contributed by atoms with E-state index in [0.717, 1.165) is 0 Å². The molecule has 0 radical (unpaired) electrons. The highest BCUT2D eigenvalue weighted by molar-refractivity contribution is 5.76. The monoisotopic (exact) mass is 232 g/mol. The molecule has 1 aromatic heterocycles. The lowest BCUT2D eigenvalue weighted by atomic mass is 10.1. The van der Waals surface area contributed by atoms with Crippen LogP contribution in [0.3, 0.4) is 0 Å². The molecule has 0 unspecified atom stereocenters. The Balaban J connectivity index is 2.37. The highest BCUT2D eigenvalue weighted by Gasteiger charge is 2.13. The Kier molecular flexibility index (Phi) is 2.98. The zero-order valence-corrected chi connectivity index (χ0v) is 10.1. The van der Waals surface area contributed by atoms with Crippen LogP contribution in [-0.4, -0.2) is 20.3 Å². The van der Waals surface area contributed by atoms with E-state index < -0.39 is 5.60 Å². The lowest BCUT2D eigenvalue weighted by molar-refractivity contribution is 0.0659. The standard InChI is InChI=1S/C13H16N2O2/c1-13(2,17)7-8-15-9-14-11-6-4-3-5-10(11)12(15)16/h3-6,9,17H,7-8H2,1-2H3. The van der Waals surface area contributed by atoms with Crippen molar-refractivity contribution < 1.29 is 5.11 Å². The van der Waals surface area contributed by atoms with Crippen LogP contribution in [-0.2, 0) is 6.54 Å². The van der Waals surface area contributed by atoms with E-state index >= 15 is 0 Å². The van der Waals surface area contributed by atoms with Gasteiger partial charge in [-0.3, -0.25) is 9.36 Å². The molecule has 1 aromatic carbocycles. The van der Waals surface area contributed by atoms with Crippen LogP contribution in [0.4, 0.5) is 0 Å². The van der Waals surface area contributed by atoms with Crippen LogP contribution in [0.5, 0.6) is 0 Å². The Hall–Kier alpha value is -1.68. The Bertz CT molecular complexity index is 582. The largest absolute Gasteiger partial charge is 0.390 e. The van der Waals surface area contributed by atoms with E-state index in [2.05, 4.69) is 4.98 Å². The van der Waals surface area contributed by atoms with Crippen LogP contribution in [0, 0.1) is 0 Å². The molecule has 0 amide bonds. The molecule has 90 valence electrons. The van der Waals surface area contributed by atoms with Crippen molar-refractivity contribution in [1.82, 2.24) is 9.55 Å². The third kappa shape index (κ3) is 2.71. The molecule has 4 nitrogen and oxygen atoms in total. The smallest absolute Gasteiger partial charge is 0.261 e. The molecule has 0 saturated heterocycles. The van der Waals surface area contributed by atoms with E-state index in [-0.39, 0.29) is 5.56 Å². The van der Waals surface area contributed by atoms with E-state index in [0.29, 0.717) is 23.9 Å². The molecule has 0 bridgehead atoms. The molecule has 0 saturated carbocycles. The number of rotatable bonds is 3. The van der Waals surface area contributed by atoms with Gasteiger partial charge >= 0.3 is 0 Å². The summed E-state index contributed by atoms with van der Waals surface area (Å²) in [6.07, 6.45) is 2.06. The van der Waals surface area contributed by atoms with E-state index in [1.54, 1.807) is 24.5 Å². The van der Waals surface area contributed by atoms with E-state index in [1.165, 1.54) is 6.33 Å². The molecular formula is C13H16N2O2. The predicted octanol–water partition coefficient (Wildman–Crippen LogP) is 1.56. The number of benzene rings is 1. The number of nitrogens with zero attached hydrogens (tertiary/aromatic N) is 2. The number of hydrogen-bond acceptors (Lipinski definition) is 3. The maximum absolute atomic E-state index is 12.1. The highest BCUT2D eigenvalue weighted by Crippen LogP contribution is 2.09. The fraction of sp³-hybridized carbons (Fsp3) is 0.385. The highest BCUT2D eigenvalue weighted by atomic mass is 16.3. The summed E-state index contributed by atoms with van der Waals surface area (Å²) in [7, 11) is 0. The third-order valence-electron chi connectivity index (χ3n) is 2.70. The zero-order chi connectivity index (χ0) is 12.5. The molecule has 0 fully saturated rings. The second-order valence-electron chi connectivity index (χ2n) is 4.82. The molecule has 1 heterocycles. The summed E-state index contributed by atoms with van der Waals surface area (Å²) in [6, 6.07) is 7.27. The number of para-hydroxylation sites is 1. The van der Waals surface area contributed by atoms with Crippen molar-refractivity contribution in [3.63, 3.8) is 0 Å². The fourth-order valence-corrected chi connectivity index (χ4v) is 1.66. The van der Waals surface area contributed by atoms with Crippen molar-refractivity contribution in [3.8, 4) is 0 Å². The van der Waals surface area contributed by atoms with Crippen LogP contribution in [0.1, 0.15) is 20.3 Å². The Morgan fingerprint density at radius 2 is 2.06 bits per heavy atom. The Morgan fingerprint density at radius 3 is 2.76 bits per heavy atom. The van der Waals surface area contributed by atoms with Crippen LogP contribution in [0.25, 0.3) is 10.9 Å². The van der Waals surface area contributed by atoms with Gasteiger partial charge in [-0.15, -0.1) is 0 Å². The van der Waals surface area contributed by atoms with Gasteiger partial charge in [0, 0.05) is 6.54 Å². The topological polar surface area (TPSA) is 55.1 Å². The quantitative estimate of drug-likeness (QED) is 0.873. The van der Waals surface area contributed by atoms with Crippen LogP contribution >= 0.6 is 0 Å². The lowest BCUT2D eigenvalue weighted by Crippen LogP contribution is -2.26. The molecule has 0 aliphatic heterocycles. The maximum Gasteiger partial charge on any atom is 0.261 e. The van der Waals surface area contributed by atoms with E-state index in [4.69, 9.17) is 0 Å². The van der Waals surface area contributed by atoms with Crippen molar-refractivity contribution in [2.45, 2.75) is 32.4 Å². The minimum absolute atomic E-state index is 0.0557. The summed E-state index contributed by atoms with van der Waals surface area (Å²) in [6.45, 7) is 3.93. The van der Waals surface area contributed by atoms with Gasteiger partial charge in [-0.1, -0.05) is 12.1 Å². The van der Waals surface area contributed by atoms with Crippen LogP contribution in [0.2, 0.25) is 0 Å². The number of fused-ring (bicyclic) bond motifs is 1. The van der Waals surface area contributed by atoms with Crippen molar-refractivity contribution in [2.75, 3.05) is 0 Å².